The molecular formula is C25H25N3O2. The van der Waals surface area contributed by atoms with Gasteiger partial charge in [0.2, 0.25) is 0 Å². The summed E-state index contributed by atoms with van der Waals surface area (Å²) in [6.07, 6.45) is 1.77. The van der Waals surface area contributed by atoms with E-state index in [9.17, 15) is 0 Å². The van der Waals surface area contributed by atoms with E-state index in [1.807, 2.05) is 66.7 Å². The summed E-state index contributed by atoms with van der Waals surface area (Å²) in [7, 11) is 0. The van der Waals surface area contributed by atoms with E-state index in [0.717, 1.165) is 60.3 Å². The van der Waals surface area contributed by atoms with Crippen LogP contribution in [0.2, 0.25) is 0 Å². The molecule has 2 aliphatic rings. The number of aliphatic imine (C=N–C) groups is 1. The van der Waals surface area contributed by atoms with Crippen molar-refractivity contribution in [1.29, 1.82) is 0 Å². The average molecular weight is 399 g/mol. The number of nitrogens with zero attached hydrogens (tertiary/aromatic N) is 1. The lowest BCUT2D eigenvalue weighted by Crippen LogP contribution is -2.56. The summed E-state index contributed by atoms with van der Waals surface area (Å²) >= 11 is 0. The van der Waals surface area contributed by atoms with E-state index in [1.54, 1.807) is 0 Å². The third-order valence-corrected chi connectivity index (χ3v) is 5.70. The molecule has 2 aliphatic heterocycles. The molecule has 30 heavy (non-hydrogen) atoms. The highest BCUT2D eigenvalue weighted by atomic mass is 16.5. The van der Waals surface area contributed by atoms with Gasteiger partial charge < -0.3 is 20.1 Å². The summed E-state index contributed by atoms with van der Waals surface area (Å²) in [5.41, 5.74) is 2.91. The molecule has 3 aromatic carbocycles. The zero-order valence-corrected chi connectivity index (χ0v) is 16.8. The first kappa shape index (κ1) is 18.7. The highest BCUT2D eigenvalue weighted by Gasteiger charge is 2.40. The van der Waals surface area contributed by atoms with E-state index < -0.39 is 0 Å². The van der Waals surface area contributed by atoms with Crippen LogP contribution in [0.4, 0.5) is 11.4 Å². The van der Waals surface area contributed by atoms with Crippen LogP contribution in [-0.4, -0.2) is 24.6 Å². The largest absolute Gasteiger partial charge is 0.457 e. The maximum absolute atomic E-state index is 6.13. The predicted octanol–water partition coefficient (Wildman–Crippen LogP) is 5.27. The van der Waals surface area contributed by atoms with Crippen molar-refractivity contribution in [3.63, 3.8) is 0 Å². The molecule has 5 nitrogen and oxygen atoms in total. The Bertz CT molecular complexity index is 1040. The van der Waals surface area contributed by atoms with Crippen molar-refractivity contribution < 1.29 is 9.47 Å². The average Bonchev–Trinajstić information content (AvgIpc) is 2.80. The number of hydrogen-bond donors (Lipinski definition) is 2. The van der Waals surface area contributed by atoms with Crippen LogP contribution < -0.4 is 15.4 Å². The molecule has 0 saturated carbocycles. The van der Waals surface area contributed by atoms with Crippen molar-refractivity contribution in [3.8, 4) is 11.5 Å². The van der Waals surface area contributed by atoms with Gasteiger partial charge in [0.1, 0.15) is 17.3 Å². The Morgan fingerprint density at radius 2 is 1.63 bits per heavy atom. The van der Waals surface area contributed by atoms with Crippen LogP contribution in [0, 0.1) is 0 Å². The fourth-order valence-electron chi connectivity index (χ4n) is 4.06. The van der Waals surface area contributed by atoms with Gasteiger partial charge in [-0.15, -0.1) is 0 Å². The Morgan fingerprint density at radius 3 is 2.50 bits per heavy atom. The number of anilines is 1. The molecule has 5 heteroatoms. The molecule has 0 radical (unpaired) electrons. The molecule has 0 bridgehead atoms. The van der Waals surface area contributed by atoms with Gasteiger partial charge in [-0.2, -0.15) is 0 Å². The molecule has 0 aromatic heterocycles. The summed E-state index contributed by atoms with van der Waals surface area (Å²) < 4.78 is 11.8. The van der Waals surface area contributed by atoms with Crippen LogP contribution in [0.3, 0.4) is 0 Å². The fourth-order valence-corrected chi connectivity index (χ4v) is 4.06. The molecule has 1 fully saturated rings. The third-order valence-electron chi connectivity index (χ3n) is 5.70. The Hall–Kier alpha value is -3.31. The number of amidine groups is 1. The minimum Gasteiger partial charge on any atom is -0.457 e. The van der Waals surface area contributed by atoms with Crippen molar-refractivity contribution in [1.82, 2.24) is 5.32 Å². The molecule has 2 N–H and O–H groups in total. The first-order valence-corrected chi connectivity index (χ1v) is 10.4. The maximum Gasteiger partial charge on any atom is 0.132 e. The number of rotatable bonds is 4. The smallest absolute Gasteiger partial charge is 0.132 e. The molecule has 1 saturated heterocycles. The molecular weight excluding hydrogens is 374 g/mol. The van der Waals surface area contributed by atoms with Crippen LogP contribution in [0.25, 0.3) is 0 Å². The van der Waals surface area contributed by atoms with E-state index in [2.05, 4.69) is 22.8 Å². The highest BCUT2D eigenvalue weighted by molar-refractivity contribution is 6.00. The summed E-state index contributed by atoms with van der Waals surface area (Å²) in [5.74, 6) is 2.65. The number of benzene rings is 3. The van der Waals surface area contributed by atoms with Crippen LogP contribution in [-0.2, 0) is 11.3 Å². The van der Waals surface area contributed by atoms with Crippen molar-refractivity contribution in [2.24, 2.45) is 4.99 Å². The first-order chi connectivity index (χ1) is 14.8. The zero-order chi connectivity index (χ0) is 20.2. The molecule has 0 amide bonds. The number of ether oxygens (including phenoxy) is 2. The standard InChI is InChI=1S/C25H25N3O2/c1-2-9-20(10-3-1)30-23-13-7-4-8-19(23)18-26-24-25(14-16-29-17-15-25)28-22-12-6-5-11-21(22)27-24/h1-13,28H,14-18H2,(H,26,27). The van der Waals surface area contributed by atoms with Crippen LogP contribution in [0.15, 0.2) is 83.9 Å². The van der Waals surface area contributed by atoms with Gasteiger partial charge in [0.25, 0.3) is 0 Å². The number of fused-ring (bicyclic) bond motifs is 1. The molecule has 1 spiro atoms. The van der Waals surface area contributed by atoms with E-state index in [4.69, 9.17) is 14.5 Å². The van der Waals surface area contributed by atoms with Crippen molar-refractivity contribution in [2.45, 2.75) is 24.9 Å². The number of para-hydroxylation sites is 4. The van der Waals surface area contributed by atoms with Crippen LogP contribution in [0.5, 0.6) is 11.5 Å². The Labute approximate surface area is 176 Å². The summed E-state index contributed by atoms with van der Waals surface area (Å²) in [6, 6.07) is 26.2. The van der Waals surface area contributed by atoms with Gasteiger partial charge >= 0.3 is 0 Å². The number of nitrogens with one attached hydrogen (secondary N) is 2. The second kappa shape index (κ2) is 8.20. The van der Waals surface area contributed by atoms with Gasteiger partial charge in [-0.3, -0.25) is 0 Å². The van der Waals surface area contributed by atoms with Gasteiger partial charge in [0.05, 0.1) is 16.9 Å². The molecule has 0 unspecified atom stereocenters. The molecule has 152 valence electrons. The van der Waals surface area contributed by atoms with Gasteiger partial charge in [0.15, 0.2) is 0 Å². The molecule has 5 rings (SSSR count). The Balaban J connectivity index is 1.40. The number of hydrogen-bond acceptors (Lipinski definition) is 5. The summed E-state index contributed by atoms with van der Waals surface area (Å²) in [6.45, 7) is 2.08. The monoisotopic (exact) mass is 399 g/mol. The maximum atomic E-state index is 6.13. The lowest BCUT2D eigenvalue weighted by Gasteiger charge is -2.42. The first-order valence-electron chi connectivity index (χ1n) is 10.4. The second-order valence-electron chi connectivity index (χ2n) is 7.67. The lowest BCUT2D eigenvalue weighted by molar-refractivity contribution is 0.0771. The van der Waals surface area contributed by atoms with Crippen molar-refractivity contribution >= 4 is 17.2 Å². The quantitative estimate of drug-likeness (QED) is 0.627. The van der Waals surface area contributed by atoms with E-state index in [-0.39, 0.29) is 5.54 Å². The highest BCUT2D eigenvalue weighted by Crippen LogP contribution is 2.37. The zero-order valence-electron chi connectivity index (χ0n) is 16.8. The normalized spacial score (nSPS) is 16.9. The van der Waals surface area contributed by atoms with E-state index in [0.29, 0.717) is 6.54 Å². The van der Waals surface area contributed by atoms with Crippen molar-refractivity contribution in [2.75, 3.05) is 18.5 Å². The lowest BCUT2D eigenvalue weighted by atomic mass is 9.86. The summed E-state index contributed by atoms with van der Waals surface area (Å²) in [5, 5.41) is 7.37. The summed E-state index contributed by atoms with van der Waals surface area (Å²) in [4.78, 5) is 5.00. The minimum absolute atomic E-state index is 0.220. The van der Waals surface area contributed by atoms with Gasteiger partial charge in [0, 0.05) is 38.2 Å². The topological polar surface area (TPSA) is 54.9 Å². The van der Waals surface area contributed by atoms with Crippen molar-refractivity contribution in [3.05, 3.63) is 84.4 Å². The molecule has 2 heterocycles. The SMILES string of the molecule is c1ccc(Oc2ccccc2CNC2=Nc3ccccc3NC23CCOCC3)cc1. The Kier molecular flexibility index (Phi) is 5.11. The molecule has 3 aromatic rings. The van der Waals surface area contributed by atoms with Crippen LogP contribution in [0.1, 0.15) is 18.4 Å². The van der Waals surface area contributed by atoms with Gasteiger partial charge in [-0.05, 0) is 30.3 Å². The second-order valence-corrected chi connectivity index (χ2v) is 7.67. The Morgan fingerprint density at radius 1 is 0.900 bits per heavy atom. The van der Waals surface area contributed by atoms with Gasteiger partial charge in [-0.1, -0.05) is 48.5 Å². The predicted molar refractivity (Wildman–Crippen MR) is 120 cm³/mol. The van der Waals surface area contributed by atoms with Gasteiger partial charge in [-0.25, -0.2) is 4.99 Å². The van der Waals surface area contributed by atoms with Crippen LogP contribution >= 0.6 is 0 Å². The fraction of sp³-hybridized carbons (Fsp3) is 0.240. The third kappa shape index (κ3) is 3.76. The molecule has 0 atom stereocenters. The van der Waals surface area contributed by atoms with E-state index in [1.165, 1.54) is 0 Å². The van der Waals surface area contributed by atoms with E-state index >= 15 is 0 Å². The minimum atomic E-state index is -0.220. The molecule has 0 aliphatic carbocycles.